The van der Waals surface area contributed by atoms with Crippen molar-refractivity contribution >= 4 is 0 Å². The zero-order valence-electron chi connectivity index (χ0n) is 13.9. The summed E-state index contributed by atoms with van der Waals surface area (Å²) in [6.07, 6.45) is 8.12. The van der Waals surface area contributed by atoms with Gasteiger partial charge in [0.15, 0.2) is 0 Å². The van der Waals surface area contributed by atoms with Crippen LogP contribution in [0.3, 0.4) is 0 Å². The van der Waals surface area contributed by atoms with Gasteiger partial charge >= 0.3 is 0 Å². The number of hydrogen-bond donors (Lipinski definition) is 1. The largest absolute Gasteiger partial charge is 0.316 e. The normalized spacial score (nSPS) is 16.0. The Kier molecular flexibility index (Phi) is 7.25. The Hall–Kier alpha value is -0.860. The lowest BCUT2D eigenvalue weighted by Gasteiger charge is -2.22. The van der Waals surface area contributed by atoms with E-state index in [2.05, 4.69) is 48.5 Å². The molecule has 0 atom stereocenters. The lowest BCUT2D eigenvalue weighted by molar-refractivity contribution is 0.270. The summed E-state index contributed by atoms with van der Waals surface area (Å²) in [5.41, 5.74) is 3.02. The molecule has 2 rings (SSSR count). The minimum absolute atomic E-state index is 0.938. The number of nitrogens with one attached hydrogen (secondary N) is 1. The molecule has 1 aromatic rings. The van der Waals surface area contributed by atoms with Gasteiger partial charge in [-0.3, -0.25) is 0 Å². The van der Waals surface area contributed by atoms with Gasteiger partial charge in [0.1, 0.15) is 0 Å². The highest BCUT2D eigenvalue weighted by molar-refractivity contribution is 5.27. The molecule has 1 fully saturated rings. The highest BCUT2D eigenvalue weighted by Crippen LogP contribution is 2.25. The molecule has 118 valence electrons. The monoisotopic (exact) mass is 288 g/mol. The number of benzene rings is 1. The van der Waals surface area contributed by atoms with E-state index >= 15 is 0 Å². The van der Waals surface area contributed by atoms with Gasteiger partial charge < -0.3 is 10.2 Å². The highest BCUT2D eigenvalue weighted by Gasteiger charge is 2.17. The molecule has 1 aliphatic rings. The quantitative estimate of drug-likeness (QED) is 0.694. The molecule has 2 heteroatoms. The maximum Gasteiger partial charge on any atom is 0.0233 e. The van der Waals surface area contributed by atoms with Gasteiger partial charge in [-0.05, 0) is 62.9 Å². The first-order valence-corrected chi connectivity index (χ1v) is 8.75. The summed E-state index contributed by atoms with van der Waals surface area (Å²) in [6, 6.07) is 8.96. The minimum atomic E-state index is 0.938. The Morgan fingerprint density at radius 2 is 1.81 bits per heavy atom. The number of hydrogen-bond acceptors (Lipinski definition) is 2. The molecule has 1 aliphatic carbocycles. The van der Waals surface area contributed by atoms with Gasteiger partial charge in [-0.25, -0.2) is 0 Å². The van der Waals surface area contributed by atoms with Crippen molar-refractivity contribution in [3.63, 3.8) is 0 Å². The fraction of sp³-hybridized carbons (Fsp3) is 0.684. The predicted molar refractivity (Wildman–Crippen MR) is 91.6 cm³/mol. The van der Waals surface area contributed by atoms with Crippen LogP contribution in [-0.2, 0) is 13.0 Å². The van der Waals surface area contributed by atoms with Crippen molar-refractivity contribution in [3.05, 3.63) is 35.4 Å². The van der Waals surface area contributed by atoms with E-state index in [1.54, 1.807) is 0 Å². The predicted octanol–water partition coefficient (Wildman–Crippen LogP) is 3.85. The van der Waals surface area contributed by atoms with Crippen molar-refractivity contribution < 1.29 is 0 Å². The lowest BCUT2D eigenvalue weighted by atomic mass is 10.0. The van der Waals surface area contributed by atoms with Gasteiger partial charge in [0.2, 0.25) is 0 Å². The molecule has 1 N–H and O–H groups in total. The molecule has 0 heterocycles. The van der Waals surface area contributed by atoms with E-state index in [0.29, 0.717) is 0 Å². The van der Waals surface area contributed by atoms with E-state index in [9.17, 15) is 0 Å². The van der Waals surface area contributed by atoms with Crippen molar-refractivity contribution in [3.8, 4) is 0 Å². The fourth-order valence-electron chi connectivity index (χ4n) is 3.47. The van der Waals surface area contributed by atoms with Crippen molar-refractivity contribution in [2.45, 2.75) is 52.0 Å². The smallest absolute Gasteiger partial charge is 0.0233 e. The van der Waals surface area contributed by atoms with Gasteiger partial charge in [-0.2, -0.15) is 0 Å². The van der Waals surface area contributed by atoms with Gasteiger partial charge in [-0.15, -0.1) is 0 Å². The summed E-state index contributed by atoms with van der Waals surface area (Å²) in [5.74, 6) is 0.938. The first-order valence-electron chi connectivity index (χ1n) is 8.75. The van der Waals surface area contributed by atoms with E-state index in [0.717, 1.165) is 32.0 Å². The molecule has 0 aliphatic heterocycles. The fourth-order valence-corrected chi connectivity index (χ4v) is 3.47. The van der Waals surface area contributed by atoms with Crippen LogP contribution < -0.4 is 5.32 Å². The average Bonchev–Trinajstić information content (AvgIpc) is 2.98. The van der Waals surface area contributed by atoms with Gasteiger partial charge in [-0.1, -0.05) is 44.0 Å². The molecule has 0 unspecified atom stereocenters. The first-order chi connectivity index (χ1) is 10.3. The summed E-state index contributed by atoms with van der Waals surface area (Å²) in [7, 11) is 2.28. The summed E-state index contributed by atoms with van der Waals surface area (Å²) >= 11 is 0. The molecule has 0 spiro atoms. The average molecular weight is 288 g/mol. The molecule has 0 amide bonds. The van der Waals surface area contributed by atoms with Crippen LogP contribution in [-0.4, -0.2) is 31.6 Å². The second-order valence-electron chi connectivity index (χ2n) is 6.62. The molecule has 1 aromatic carbocycles. The third-order valence-electron chi connectivity index (χ3n) is 4.60. The topological polar surface area (TPSA) is 15.3 Å². The van der Waals surface area contributed by atoms with E-state index < -0.39 is 0 Å². The second kappa shape index (κ2) is 9.22. The third-order valence-corrected chi connectivity index (χ3v) is 4.60. The van der Waals surface area contributed by atoms with Gasteiger partial charge in [0, 0.05) is 13.1 Å². The van der Waals surface area contributed by atoms with Crippen LogP contribution in [0.25, 0.3) is 0 Å². The molecule has 21 heavy (non-hydrogen) atoms. The maximum atomic E-state index is 3.51. The van der Waals surface area contributed by atoms with E-state index in [4.69, 9.17) is 0 Å². The Bertz CT molecular complexity index is 396. The first kappa shape index (κ1) is 16.5. The SMILES string of the molecule is CCCNCCc1ccccc1CN(C)CC1CCCC1. The van der Waals surface area contributed by atoms with Crippen molar-refractivity contribution in [2.75, 3.05) is 26.7 Å². The maximum absolute atomic E-state index is 3.51. The van der Waals surface area contributed by atoms with Crippen LogP contribution in [0.1, 0.15) is 50.2 Å². The third kappa shape index (κ3) is 5.80. The molecule has 0 saturated heterocycles. The summed E-state index contributed by atoms with van der Waals surface area (Å²) in [6.45, 7) is 6.81. The molecule has 0 aromatic heterocycles. The zero-order chi connectivity index (χ0) is 14.9. The van der Waals surface area contributed by atoms with Crippen LogP contribution in [0.15, 0.2) is 24.3 Å². The molecule has 2 nitrogen and oxygen atoms in total. The van der Waals surface area contributed by atoms with Crippen molar-refractivity contribution in [2.24, 2.45) is 5.92 Å². The van der Waals surface area contributed by atoms with Gasteiger partial charge in [0.05, 0.1) is 0 Å². The van der Waals surface area contributed by atoms with E-state index in [-0.39, 0.29) is 0 Å². The highest BCUT2D eigenvalue weighted by atomic mass is 15.1. The molecule has 0 radical (unpaired) electrons. The lowest BCUT2D eigenvalue weighted by Crippen LogP contribution is -2.25. The van der Waals surface area contributed by atoms with Crippen LogP contribution in [0.4, 0.5) is 0 Å². The Morgan fingerprint density at radius 1 is 1.10 bits per heavy atom. The Labute approximate surface area is 130 Å². The van der Waals surface area contributed by atoms with Crippen molar-refractivity contribution in [1.29, 1.82) is 0 Å². The molecular weight excluding hydrogens is 256 g/mol. The zero-order valence-corrected chi connectivity index (χ0v) is 13.9. The number of nitrogens with zero attached hydrogens (tertiary/aromatic N) is 1. The van der Waals surface area contributed by atoms with Crippen molar-refractivity contribution in [1.82, 2.24) is 10.2 Å². The van der Waals surface area contributed by atoms with Crippen LogP contribution in [0.2, 0.25) is 0 Å². The summed E-state index contributed by atoms with van der Waals surface area (Å²) < 4.78 is 0. The van der Waals surface area contributed by atoms with Crippen LogP contribution in [0.5, 0.6) is 0 Å². The standard InChI is InChI=1S/C19H32N2/c1-3-13-20-14-12-18-10-6-7-11-19(18)16-21(2)15-17-8-4-5-9-17/h6-7,10-11,17,20H,3-5,8-9,12-16H2,1-2H3. The summed E-state index contributed by atoms with van der Waals surface area (Å²) in [5, 5.41) is 3.51. The van der Waals surface area contributed by atoms with E-state index in [1.165, 1.54) is 49.8 Å². The molecule has 1 saturated carbocycles. The molecular formula is C19H32N2. The van der Waals surface area contributed by atoms with Gasteiger partial charge in [0.25, 0.3) is 0 Å². The summed E-state index contributed by atoms with van der Waals surface area (Å²) in [4.78, 5) is 2.52. The molecule has 0 bridgehead atoms. The second-order valence-corrected chi connectivity index (χ2v) is 6.62. The van der Waals surface area contributed by atoms with Crippen LogP contribution >= 0.6 is 0 Å². The minimum Gasteiger partial charge on any atom is -0.316 e. The Balaban J connectivity index is 1.83. The van der Waals surface area contributed by atoms with E-state index in [1.807, 2.05) is 0 Å². The van der Waals surface area contributed by atoms with Crippen LogP contribution in [0, 0.1) is 5.92 Å². The Morgan fingerprint density at radius 3 is 2.52 bits per heavy atom. The number of rotatable bonds is 9.